The fraction of sp³-hybridized carbons (Fsp3) is 0.190. The van der Waals surface area contributed by atoms with Crippen LogP contribution in [0.5, 0.6) is 11.6 Å². The van der Waals surface area contributed by atoms with Crippen LogP contribution in [0.1, 0.15) is 23.2 Å². The lowest BCUT2D eigenvalue weighted by Gasteiger charge is -2.14. The van der Waals surface area contributed by atoms with E-state index in [0.717, 1.165) is 16.7 Å². The number of aryl methyl sites for hydroxylation is 3. The second-order valence-electron chi connectivity index (χ2n) is 6.98. The average molecular weight is 456 g/mol. The molecular weight excluding hydrogens is 440 g/mol. The summed E-state index contributed by atoms with van der Waals surface area (Å²) in [6.45, 7) is 0.649. The molecule has 8 nitrogen and oxygen atoms in total. The summed E-state index contributed by atoms with van der Waals surface area (Å²) in [6.07, 6.45) is 4.65. The highest BCUT2D eigenvalue weighted by Gasteiger charge is 2.26. The molecule has 0 aliphatic heterocycles. The number of alkyl halides is 2. The Morgan fingerprint density at radius 2 is 1.91 bits per heavy atom. The van der Waals surface area contributed by atoms with Crippen LogP contribution in [0.25, 0.3) is 28.8 Å². The van der Waals surface area contributed by atoms with E-state index in [1.54, 1.807) is 51.4 Å². The van der Waals surface area contributed by atoms with Crippen molar-refractivity contribution in [1.82, 2.24) is 29.3 Å². The zero-order valence-corrected chi connectivity index (χ0v) is 18.0. The molecule has 11 heteroatoms. The quantitative estimate of drug-likeness (QED) is 0.302. The minimum Gasteiger partial charge on any atom is -0.436 e. The molecular formula is C21H16ClF2N7O. The third-order valence-corrected chi connectivity index (χ3v) is 4.83. The van der Waals surface area contributed by atoms with Crippen molar-refractivity contribution >= 4 is 28.8 Å². The topological polar surface area (TPSA) is 94.4 Å². The summed E-state index contributed by atoms with van der Waals surface area (Å²) >= 11 is 6.04. The Hall–Kier alpha value is -3.84. The average Bonchev–Trinajstić information content (AvgIpc) is 3.32. The lowest BCUT2D eigenvalue weighted by atomic mass is 10.1. The lowest BCUT2D eigenvalue weighted by Crippen LogP contribution is -2.04. The standard InChI is InChI=1S/C21H16ClF2N7O/c1-11-9-13(5-4-7-25)10-12(2)16(11)32-19-15-17(27-20(22)28-19)26-18(31(15)21(23)24)14-6-8-30(3)29-14/h4-6,8-10,21H,1-3H3/b5-4+. The maximum atomic E-state index is 14.1. The maximum Gasteiger partial charge on any atom is 0.320 e. The fourth-order valence-corrected chi connectivity index (χ4v) is 3.55. The van der Waals surface area contributed by atoms with Gasteiger partial charge in [0.2, 0.25) is 5.28 Å². The molecule has 0 fully saturated rings. The summed E-state index contributed by atoms with van der Waals surface area (Å²) in [6, 6.07) is 7.12. The highest BCUT2D eigenvalue weighted by molar-refractivity contribution is 6.28. The molecule has 3 aromatic heterocycles. The van der Waals surface area contributed by atoms with Gasteiger partial charge in [0, 0.05) is 19.3 Å². The van der Waals surface area contributed by atoms with Gasteiger partial charge in [-0.25, -0.2) is 4.98 Å². The first-order valence-corrected chi connectivity index (χ1v) is 9.75. The van der Waals surface area contributed by atoms with Crippen molar-refractivity contribution in [3.63, 3.8) is 0 Å². The van der Waals surface area contributed by atoms with Crippen molar-refractivity contribution < 1.29 is 13.5 Å². The number of rotatable bonds is 5. The van der Waals surface area contributed by atoms with Crippen molar-refractivity contribution in [2.45, 2.75) is 20.4 Å². The van der Waals surface area contributed by atoms with E-state index in [-0.39, 0.29) is 33.8 Å². The molecule has 0 amide bonds. The Bertz CT molecular complexity index is 1380. The van der Waals surface area contributed by atoms with Crippen molar-refractivity contribution in [3.8, 4) is 29.2 Å². The molecule has 0 N–H and O–H groups in total. The maximum absolute atomic E-state index is 14.1. The summed E-state index contributed by atoms with van der Waals surface area (Å²) in [4.78, 5) is 12.3. The van der Waals surface area contributed by atoms with E-state index in [0.29, 0.717) is 10.3 Å². The van der Waals surface area contributed by atoms with E-state index >= 15 is 0 Å². The second kappa shape index (κ2) is 8.36. The minimum absolute atomic E-state index is 0.0372. The van der Waals surface area contributed by atoms with Crippen molar-refractivity contribution in [1.29, 1.82) is 5.26 Å². The molecule has 4 rings (SSSR count). The predicted octanol–water partition coefficient (Wildman–Crippen LogP) is 5.22. The van der Waals surface area contributed by atoms with E-state index in [1.807, 2.05) is 6.07 Å². The van der Waals surface area contributed by atoms with Crippen LogP contribution in [0.2, 0.25) is 5.28 Å². The largest absolute Gasteiger partial charge is 0.436 e. The first-order valence-electron chi connectivity index (χ1n) is 9.37. The highest BCUT2D eigenvalue weighted by Crippen LogP contribution is 2.37. The van der Waals surface area contributed by atoms with E-state index in [1.165, 1.54) is 10.8 Å². The summed E-state index contributed by atoms with van der Waals surface area (Å²) in [5, 5.41) is 12.7. The second-order valence-corrected chi connectivity index (χ2v) is 7.31. The van der Waals surface area contributed by atoms with Gasteiger partial charge in [0.25, 0.3) is 5.88 Å². The zero-order valence-electron chi connectivity index (χ0n) is 17.2. The number of aromatic nitrogens is 6. The fourth-order valence-electron chi connectivity index (χ4n) is 3.39. The summed E-state index contributed by atoms with van der Waals surface area (Å²) in [5.74, 6) is 0.195. The predicted molar refractivity (Wildman–Crippen MR) is 114 cm³/mol. The number of allylic oxidation sites excluding steroid dienone is 1. The van der Waals surface area contributed by atoms with Crippen molar-refractivity contribution in [3.05, 3.63) is 52.4 Å². The monoisotopic (exact) mass is 455 g/mol. The third-order valence-electron chi connectivity index (χ3n) is 4.66. The first-order chi connectivity index (χ1) is 15.3. The van der Waals surface area contributed by atoms with Crippen molar-refractivity contribution in [2.24, 2.45) is 7.05 Å². The van der Waals surface area contributed by atoms with Crippen molar-refractivity contribution in [2.75, 3.05) is 0 Å². The molecule has 0 aliphatic carbocycles. The Morgan fingerprint density at radius 3 is 2.50 bits per heavy atom. The normalized spacial score (nSPS) is 11.6. The molecule has 0 atom stereocenters. The highest BCUT2D eigenvalue weighted by atomic mass is 35.5. The van der Waals surface area contributed by atoms with Crippen LogP contribution in [-0.4, -0.2) is 29.3 Å². The number of ether oxygens (including phenoxy) is 1. The smallest absolute Gasteiger partial charge is 0.320 e. The van der Waals surface area contributed by atoms with E-state index < -0.39 is 6.55 Å². The van der Waals surface area contributed by atoms with Crippen LogP contribution in [0.15, 0.2) is 30.5 Å². The molecule has 3 heterocycles. The number of nitriles is 1. The molecule has 4 aromatic rings. The van der Waals surface area contributed by atoms with Gasteiger partial charge in [0.15, 0.2) is 17.0 Å². The van der Waals surface area contributed by atoms with Crippen LogP contribution in [0, 0.1) is 25.2 Å². The van der Waals surface area contributed by atoms with Gasteiger partial charge < -0.3 is 4.74 Å². The molecule has 1 aromatic carbocycles. The van der Waals surface area contributed by atoms with Gasteiger partial charge in [-0.1, -0.05) is 0 Å². The number of nitrogens with zero attached hydrogens (tertiary/aromatic N) is 7. The number of hydrogen-bond donors (Lipinski definition) is 0. The number of halogens is 3. The van der Waals surface area contributed by atoms with Gasteiger partial charge in [-0.2, -0.15) is 29.1 Å². The Kier molecular flexibility index (Phi) is 5.59. The minimum atomic E-state index is -2.95. The van der Waals surface area contributed by atoms with E-state index in [9.17, 15) is 8.78 Å². The molecule has 162 valence electrons. The van der Waals surface area contributed by atoms with Gasteiger partial charge in [-0.05, 0) is 66.4 Å². The zero-order chi connectivity index (χ0) is 23.0. The molecule has 0 saturated heterocycles. The summed E-state index contributed by atoms with van der Waals surface area (Å²) in [7, 11) is 1.67. The molecule has 0 aliphatic rings. The van der Waals surface area contributed by atoms with Crippen LogP contribution >= 0.6 is 11.6 Å². The molecule has 32 heavy (non-hydrogen) atoms. The van der Waals surface area contributed by atoms with Gasteiger partial charge in [0.1, 0.15) is 11.4 Å². The molecule has 0 unspecified atom stereocenters. The van der Waals surface area contributed by atoms with Gasteiger partial charge in [0.05, 0.1) is 6.07 Å². The lowest BCUT2D eigenvalue weighted by molar-refractivity contribution is 0.0759. The molecule has 0 saturated carbocycles. The molecule has 0 bridgehead atoms. The van der Waals surface area contributed by atoms with Gasteiger partial charge in [-0.3, -0.25) is 9.25 Å². The Morgan fingerprint density at radius 1 is 1.19 bits per heavy atom. The Balaban J connectivity index is 1.90. The summed E-state index contributed by atoms with van der Waals surface area (Å²) < 4.78 is 36.4. The SMILES string of the molecule is Cc1cc(/C=C/C#N)cc(C)c1Oc1nc(Cl)nc2nc(-c3ccn(C)n3)n(C(F)F)c12. The Labute approximate surface area is 186 Å². The van der Waals surface area contributed by atoms with Crippen LogP contribution in [0.4, 0.5) is 8.78 Å². The van der Waals surface area contributed by atoms with Gasteiger partial charge >= 0.3 is 6.55 Å². The number of benzene rings is 1. The molecule has 0 spiro atoms. The van der Waals surface area contributed by atoms with Crippen LogP contribution in [0.3, 0.4) is 0 Å². The number of imidazole rings is 1. The van der Waals surface area contributed by atoms with Crippen LogP contribution in [-0.2, 0) is 7.05 Å². The molecule has 0 radical (unpaired) electrons. The van der Waals surface area contributed by atoms with E-state index in [2.05, 4.69) is 20.1 Å². The number of hydrogen-bond acceptors (Lipinski definition) is 6. The van der Waals surface area contributed by atoms with E-state index in [4.69, 9.17) is 21.6 Å². The first kappa shape index (κ1) is 21.4. The van der Waals surface area contributed by atoms with Gasteiger partial charge in [-0.15, -0.1) is 0 Å². The van der Waals surface area contributed by atoms with Crippen LogP contribution < -0.4 is 4.74 Å². The summed E-state index contributed by atoms with van der Waals surface area (Å²) in [5.41, 5.74) is 2.35. The number of fused-ring (bicyclic) bond motifs is 1. The third kappa shape index (κ3) is 3.90.